The zero-order chi connectivity index (χ0) is 20.5. The van der Waals surface area contributed by atoms with Gasteiger partial charge in [0, 0.05) is 11.6 Å². The predicted octanol–water partition coefficient (Wildman–Crippen LogP) is 4.23. The Morgan fingerprint density at radius 2 is 1.86 bits per heavy atom. The maximum atomic E-state index is 13.1. The van der Waals surface area contributed by atoms with Crippen LogP contribution < -0.4 is 15.6 Å². The highest BCUT2D eigenvalue weighted by molar-refractivity contribution is 5.94. The lowest BCUT2D eigenvalue weighted by atomic mass is 10.1. The third-order valence-corrected chi connectivity index (χ3v) is 4.43. The number of amides is 1. The molecular formula is C20H17F3N2O3. The summed E-state index contributed by atoms with van der Waals surface area (Å²) in [6.45, 7) is 1.45. The number of hydrogen-bond donors (Lipinski definition) is 1. The molecule has 1 atom stereocenters. The van der Waals surface area contributed by atoms with Crippen LogP contribution >= 0.6 is 0 Å². The minimum atomic E-state index is -4.61. The summed E-state index contributed by atoms with van der Waals surface area (Å²) in [7, 11) is 1.51. The molecule has 1 N–H and O–H groups in total. The van der Waals surface area contributed by atoms with E-state index in [4.69, 9.17) is 4.74 Å². The van der Waals surface area contributed by atoms with Crippen LogP contribution in [-0.2, 0) is 11.0 Å². The first kappa shape index (κ1) is 19.5. The van der Waals surface area contributed by atoms with Crippen LogP contribution in [0.2, 0.25) is 0 Å². The first-order valence-electron chi connectivity index (χ1n) is 8.38. The Labute approximate surface area is 158 Å². The molecule has 0 fully saturated rings. The van der Waals surface area contributed by atoms with Crippen LogP contribution in [0.1, 0.15) is 18.5 Å². The monoisotopic (exact) mass is 390 g/mol. The lowest BCUT2D eigenvalue weighted by Gasteiger charge is -2.18. The summed E-state index contributed by atoms with van der Waals surface area (Å²) in [5.74, 6) is -0.147. The number of fused-ring (bicyclic) bond motifs is 1. The number of ether oxygens (including phenoxy) is 1. The molecule has 8 heteroatoms. The van der Waals surface area contributed by atoms with E-state index in [-0.39, 0.29) is 5.69 Å². The van der Waals surface area contributed by atoms with E-state index in [2.05, 4.69) is 5.32 Å². The number of pyridine rings is 1. The summed E-state index contributed by atoms with van der Waals surface area (Å²) < 4.78 is 45.6. The van der Waals surface area contributed by atoms with E-state index in [1.165, 1.54) is 43.0 Å². The smallest absolute Gasteiger partial charge is 0.418 e. The molecule has 1 heterocycles. The number of carbonyl (C=O) groups is 1. The maximum absolute atomic E-state index is 13.1. The molecule has 0 aliphatic heterocycles. The average Bonchev–Trinajstić information content (AvgIpc) is 2.67. The Bertz CT molecular complexity index is 1090. The number of nitrogens with zero attached hydrogens (tertiary/aromatic N) is 1. The first-order chi connectivity index (χ1) is 13.2. The topological polar surface area (TPSA) is 60.3 Å². The fourth-order valence-electron chi connectivity index (χ4n) is 2.88. The van der Waals surface area contributed by atoms with Crippen LogP contribution in [0.5, 0.6) is 5.75 Å². The molecule has 1 amide bonds. The van der Waals surface area contributed by atoms with E-state index < -0.39 is 29.2 Å². The molecule has 3 rings (SSSR count). The number of hydrogen-bond acceptors (Lipinski definition) is 3. The standard InChI is InChI=1S/C20H17F3N2O3/c1-12(18(26)24-17-6-4-3-5-16(17)20(21,22)23)25-10-9-13-11-14(28-2)7-8-15(13)19(25)27/h3-12H,1-2H3,(H,24,26). The van der Waals surface area contributed by atoms with Crippen molar-refractivity contribution in [3.05, 3.63) is 70.6 Å². The summed E-state index contributed by atoms with van der Waals surface area (Å²) in [5.41, 5.74) is -1.73. The van der Waals surface area contributed by atoms with Crippen LogP contribution in [0.4, 0.5) is 18.9 Å². The number of aromatic nitrogens is 1. The predicted molar refractivity (Wildman–Crippen MR) is 99.5 cm³/mol. The molecule has 2 aromatic carbocycles. The van der Waals surface area contributed by atoms with Gasteiger partial charge in [0.15, 0.2) is 0 Å². The van der Waals surface area contributed by atoms with Gasteiger partial charge in [-0.3, -0.25) is 9.59 Å². The van der Waals surface area contributed by atoms with Crippen LogP contribution in [0.3, 0.4) is 0 Å². The molecule has 0 aliphatic rings. The molecule has 146 valence electrons. The van der Waals surface area contributed by atoms with Gasteiger partial charge in [0.2, 0.25) is 5.91 Å². The van der Waals surface area contributed by atoms with Crippen LogP contribution in [0.25, 0.3) is 10.8 Å². The summed E-state index contributed by atoms with van der Waals surface area (Å²) in [4.78, 5) is 25.2. The largest absolute Gasteiger partial charge is 0.497 e. The number of para-hydroxylation sites is 1. The Kier molecular flexibility index (Phi) is 5.13. The number of nitrogens with one attached hydrogen (secondary N) is 1. The highest BCUT2D eigenvalue weighted by Gasteiger charge is 2.34. The Morgan fingerprint density at radius 3 is 2.54 bits per heavy atom. The van der Waals surface area contributed by atoms with Gasteiger partial charge in [-0.1, -0.05) is 12.1 Å². The van der Waals surface area contributed by atoms with Crippen molar-refractivity contribution in [2.24, 2.45) is 0 Å². The second-order valence-corrected chi connectivity index (χ2v) is 6.19. The van der Waals surface area contributed by atoms with E-state index in [1.54, 1.807) is 24.3 Å². The number of carbonyl (C=O) groups excluding carboxylic acids is 1. The number of rotatable bonds is 4. The van der Waals surface area contributed by atoms with Gasteiger partial charge in [-0.25, -0.2) is 0 Å². The molecule has 1 unspecified atom stereocenters. The second-order valence-electron chi connectivity index (χ2n) is 6.19. The third kappa shape index (κ3) is 3.71. The lowest BCUT2D eigenvalue weighted by molar-refractivity contribution is -0.137. The molecule has 3 aromatic rings. The van der Waals surface area contributed by atoms with E-state index >= 15 is 0 Å². The molecule has 28 heavy (non-hydrogen) atoms. The molecule has 0 saturated heterocycles. The molecule has 5 nitrogen and oxygen atoms in total. The Morgan fingerprint density at radius 1 is 1.14 bits per heavy atom. The minimum Gasteiger partial charge on any atom is -0.497 e. The van der Waals surface area contributed by atoms with Crippen LogP contribution in [-0.4, -0.2) is 17.6 Å². The second kappa shape index (κ2) is 7.38. The van der Waals surface area contributed by atoms with E-state index in [9.17, 15) is 22.8 Å². The minimum absolute atomic E-state index is 0.356. The molecule has 0 spiro atoms. The number of alkyl halides is 3. The summed E-state index contributed by atoms with van der Waals surface area (Å²) in [5, 5.41) is 3.28. The molecule has 0 bridgehead atoms. The SMILES string of the molecule is COc1ccc2c(=O)n(C(C)C(=O)Nc3ccccc3C(F)(F)F)ccc2c1. The van der Waals surface area contributed by atoms with E-state index in [1.807, 2.05) is 0 Å². The molecule has 1 aromatic heterocycles. The fourth-order valence-corrected chi connectivity index (χ4v) is 2.88. The molecular weight excluding hydrogens is 373 g/mol. The van der Waals surface area contributed by atoms with Crippen molar-refractivity contribution in [1.29, 1.82) is 0 Å². The van der Waals surface area contributed by atoms with E-state index in [0.717, 1.165) is 6.07 Å². The Hall–Kier alpha value is -3.29. The number of methoxy groups -OCH3 is 1. The van der Waals surface area contributed by atoms with Crippen molar-refractivity contribution in [3.63, 3.8) is 0 Å². The third-order valence-electron chi connectivity index (χ3n) is 4.43. The number of halogens is 3. The summed E-state index contributed by atoms with van der Waals surface area (Å²) >= 11 is 0. The van der Waals surface area contributed by atoms with Gasteiger partial charge >= 0.3 is 6.18 Å². The highest BCUT2D eigenvalue weighted by Crippen LogP contribution is 2.34. The average molecular weight is 390 g/mol. The number of benzene rings is 2. The quantitative estimate of drug-likeness (QED) is 0.725. The van der Waals surface area contributed by atoms with Crippen molar-refractivity contribution >= 4 is 22.4 Å². The van der Waals surface area contributed by atoms with Crippen molar-refractivity contribution in [2.45, 2.75) is 19.1 Å². The fraction of sp³-hybridized carbons (Fsp3) is 0.200. The van der Waals surface area contributed by atoms with Crippen molar-refractivity contribution in [3.8, 4) is 5.75 Å². The molecule has 0 aliphatic carbocycles. The highest BCUT2D eigenvalue weighted by atomic mass is 19.4. The number of anilines is 1. The van der Waals surface area contributed by atoms with Gasteiger partial charge in [-0.05, 0) is 48.7 Å². The van der Waals surface area contributed by atoms with Crippen LogP contribution in [0.15, 0.2) is 59.5 Å². The van der Waals surface area contributed by atoms with Gasteiger partial charge in [-0.15, -0.1) is 0 Å². The summed E-state index contributed by atoms with van der Waals surface area (Å²) in [6, 6.07) is 10.2. The molecule has 0 radical (unpaired) electrons. The lowest BCUT2D eigenvalue weighted by Crippen LogP contribution is -2.31. The normalized spacial score (nSPS) is 12.6. The van der Waals surface area contributed by atoms with Gasteiger partial charge in [0.05, 0.1) is 18.4 Å². The summed E-state index contributed by atoms with van der Waals surface area (Å²) in [6.07, 6.45) is -3.17. The Balaban J connectivity index is 1.93. The molecule has 0 saturated carbocycles. The van der Waals surface area contributed by atoms with Gasteiger partial charge in [0.1, 0.15) is 11.8 Å². The van der Waals surface area contributed by atoms with E-state index in [0.29, 0.717) is 16.5 Å². The zero-order valence-corrected chi connectivity index (χ0v) is 15.1. The van der Waals surface area contributed by atoms with Gasteiger partial charge < -0.3 is 14.6 Å². The maximum Gasteiger partial charge on any atom is 0.418 e. The van der Waals surface area contributed by atoms with Crippen LogP contribution in [0, 0.1) is 0 Å². The van der Waals surface area contributed by atoms with Crippen molar-refractivity contribution < 1.29 is 22.7 Å². The van der Waals surface area contributed by atoms with Gasteiger partial charge in [-0.2, -0.15) is 13.2 Å². The van der Waals surface area contributed by atoms with Gasteiger partial charge in [0.25, 0.3) is 5.56 Å². The zero-order valence-electron chi connectivity index (χ0n) is 15.1. The van der Waals surface area contributed by atoms with Crippen molar-refractivity contribution in [2.75, 3.05) is 12.4 Å². The first-order valence-corrected chi connectivity index (χ1v) is 8.38. The van der Waals surface area contributed by atoms with Crippen molar-refractivity contribution in [1.82, 2.24) is 4.57 Å².